The number of fused-ring (bicyclic) bond motifs is 1. The van der Waals surface area contributed by atoms with E-state index in [1.807, 2.05) is 38.1 Å². The number of carbonyl (C=O) groups is 1. The Morgan fingerprint density at radius 2 is 1.74 bits per heavy atom. The molecule has 10 heteroatoms. The van der Waals surface area contributed by atoms with Gasteiger partial charge in [0.05, 0.1) is 22.8 Å². The van der Waals surface area contributed by atoms with E-state index < -0.39 is 10.0 Å². The zero-order valence-electron chi connectivity index (χ0n) is 20.4. The normalized spacial score (nSPS) is 15.5. The Bertz CT molecular complexity index is 1140. The van der Waals surface area contributed by atoms with Gasteiger partial charge in [-0.15, -0.1) is 0 Å². The second kappa shape index (κ2) is 11.3. The van der Waals surface area contributed by atoms with Gasteiger partial charge in [0.1, 0.15) is 0 Å². The fraction of sp³-hybridized carbons (Fsp3) is 0.480. The average molecular weight is 503 g/mol. The summed E-state index contributed by atoms with van der Waals surface area (Å²) in [4.78, 5) is 15.2. The van der Waals surface area contributed by atoms with E-state index in [0.29, 0.717) is 31.1 Å². The van der Waals surface area contributed by atoms with Crippen LogP contribution in [0, 0.1) is 0 Å². The number of rotatable bonds is 10. The van der Waals surface area contributed by atoms with Crippen molar-refractivity contribution in [1.82, 2.24) is 9.62 Å². The Morgan fingerprint density at radius 3 is 2.49 bits per heavy atom. The van der Waals surface area contributed by atoms with Crippen LogP contribution < -0.4 is 25.0 Å². The van der Waals surface area contributed by atoms with Gasteiger partial charge < -0.3 is 25.0 Å². The summed E-state index contributed by atoms with van der Waals surface area (Å²) in [7, 11) is -3.64. The minimum atomic E-state index is -3.64. The van der Waals surface area contributed by atoms with Crippen molar-refractivity contribution in [2.75, 3.05) is 49.7 Å². The van der Waals surface area contributed by atoms with Crippen LogP contribution in [0.25, 0.3) is 0 Å². The van der Waals surface area contributed by atoms with Crippen LogP contribution in [-0.4, -0.2) is 58.1 Å². The highest BCUT2D eigenvalue weighted by Gasteiger charge is 2.24. The largest absolute Gasteiger partial charge is 0.454 e. The van der Waals surface area contributed by atoms with Gasteiger partial charge in [0, 0.05) is 32.7 Å². The number of carbonyl (C=O) groups excluding carboxylic acids is 1. The number of hydrogen-bond donors (Lipinski definition) is 2. The lowest BCUT2D eigenvalue weighted by atomic mass is 10.1. The molecule has 2 N–H and O–H groups in total. The van der Waals surface area contributed by atoms with Crippen LogP contribution in [0.2, 0.25) is 0 Å². The summed E-state index contributed by atoms with van der Waals surface area (Å²) in [5, 5.41) is 6.10. The van der Waals surface area contributed by atoms with Gasteiger partial charge in [0.25, 0.3) is 0 Å². The lowest BCUT2D eigenvalue weighted by Crippen LogP contribution is -2.33. The molecular weight excluding hydrogens is 468 g/mol. The minimum Gasteiger partial charge on any atom is -0.454 e. The lowest BCUT2D eigenvalue weighted by molar-refractivity contribution is -0.115. The van der Waals surface area contributed by atoms with Crippen molar-refractivity contribution in [3.8, 4) is 11.5 Å². The number of nitrogens with zero attached hydrogens (tertiary/aromatic N) is 2. The van der Waals surface area contributed by atoms with E-state index in [1.165, 1.54) is 10.7 Å². The molecule has 0 saturated carbocycles. The van der Waals surface area contributed by atoms with Crippen molar-refractivity contribution in [3.05, 3.63) is 42.0 Å². The molecule has 0 aliphatic carbocycles. The quantitative estimate of drug-likeness (QED) is 0.515. The summed E-state index contributed by atoms with van der Waals surface area (Å²) in [6.07, 6.45) is 3.32. The Hall–Kier alpha value is -2.82. The first-order valence-electron chi connectivity index (χ1n) is 12.2. The van der Waals surface area contributed by atoms with Crippen molar-refractivity contribution in [2.24, 2.45) is 0 Å². The van der Waals surface area contributed by atoms with Crippen molar-refractivity contribution in [3.63, 3.8) is 0 Å². The van der Waals surface area contributed by atoms with Gasteiger partial charge in [-0.25, -0.2) is 8.42 Å². The van der Waals surface area contributed by atoms with Crippen LogP contribution in [0.5, 0.6) is 11.5 Å². The Labute approximate surface area is 207 Å². The molecule has 1 amide bonds. The van der Waals surface area contributed by atoms with Gasteiger partial charge in [-0.1, -0.05) is 19.9 Å². The standard InChI is InChI=1S/C25H34N4O5S/c1-3-29(4-2)35(31,32)20-9-10-22(28-12-6-5-7-13-28)21(15-20)27-25(30)17-26-16-19-8-11-23-24(14-19)34-18-33-23/h8-11,14-15,26H,3-7,12-13,16-18H2,1-2H3,(H,27,30). The van der Waals surface area contributed by atoms with E-state index >= 15 is 0 Å². The van der Waals surface area contributed by atoms with Crippen LogP contribution in [0.1, 0.15) is 38.7 Å². The molecule has 2 aliphatic heterocycles. The molecule has 2 aromatic carbocycles. The molecule has 0 unspecified atom stereocenters. The number of nitrogens with one attached hydrogen (secondary N) is 2. The highest BCUT2D eigenvalue weighted by molar-refractivity contribution is 7.89. The molecule has 35 heavy (non-hydrogen) atoms. The topological polar surface area (TPSA) is 100 Å². The van der Waals surface area contributed by atoms with Crippen LogP contribution in [0.3, 0.4) is 0 Å². The predicted molar refractivity (Wildman–Crippen MR) is 136 cm³/mol. The van der Waals surface area contributed by atoms with E-state index in [2.05, 4.69) is 15.5 Å². The van der Waals surface area contributed by atoms with Gasteiger partial charge in [0.2, 0.25) is 22.7 Å². The zero-order valence-corrected chi connectivity index (χ0v) is 21.2. The maximum Gasteiger partial charge on any atom is 0.243 e. The number of piperidine rings is 1. The summed E-state index contributed by atoms with van der Waals surface area (Å²) in [6.45, 7) is 6.96. The molecule has 2 heterocycles. The first kappa shape index (κ1) is 25.3. The molecule has 0 bridgehead atoms. The van der Waals surface area contributed by atoms with E-state index in [-0.39, 0.29) is 24.1 Å². The summed E-state index contributed by atoms with van der Waals surface area (Å²) < 4.78 is 38.3. The molecule has 0 radical (unpaired) electrons. The van der Waals surface area contributed by atoms with Crippen LogP contribution in [0.15, 0.2) is 41.3 Å². The molecular formula is C25H34N4O5S. The van der Waals surface area contributed by atoms with Crippen molar-refractivity contribution >= 4 is 27.3 Å². The SMILES string of the molecule is CCN(CC)S(=O)(=O)c1ccc(N2CCCCC2)c(NC(=O)CNCc2ccc3c(c2)OCO3)c1. The first-order chi connectivity index (χ1) is 16.9. The second-order valence-corrected chi connectivity index (χ2v) is 10.6. The third-order valence-electron chi connectivity index (χ3n) is 6.33. The Morgan fingerprint density at radius 1 is 1.00 bits per heavy atom. The first-order valence-corrected chi connectivity index (χ1v) is 13.6. The molecule has 0 atom stereocenters. The van der Waals surface area contributed by atoms with Gasteiger partial charge in [-0.2, -0.15) is 4.31 Å². The number of ether oxygens (including phenoxy) is 2. The maximum absolute atomic E-state index is 13.1. The van der Waals surface area contributed by atoms with E-state index in [1.54, 1.807) is 12.1 Å². The smallest absolute Gasteiger partial charge is 0.243 e. The summed E-state index contributed by atoms with van der Waals surface area (Å²) >= 11 is 0. The maximum atomic E-state index is 13.1. The van der Waals surface area contributed by atoms with Crippen molar-refractivity contribution < 1.29 is 22.7 Å². The van der Waals surface area contributed by atoms with Crippen LogP contribution >= 0.6 is 0 Å². The van der Waals surface area contributed by atoms with Crippen molar-refractivity contribution in [2.45, 2.75) is 44.6 Å². The summed E-state index contributed by atoms with van der Waals surface area (Å²) in [5.41, 5.74) is 2.35. The monoisotopic (exact) mass is 502 g/mol. The van der Waals surface area contributed by atoms with Crippen LogP contribution in [0.4, 0.5) is 11.4 Å². The highest BCUT2D eigenvalue weighted by atomic mass is 32.2. The summed E-state index contributed by atoms with van der Waals surface area (Å²) in [5.74, 6) is 1.18. The van der Waals surface area contributed by atoms with Crippen molar-refractivity contribution in [1.29, 1.82) is 0 Å². The second-order valence-electron chi connectivity index (χ2n) is 8.66. The number of amides is 1. The minimum absolute atomic E-state index is 0.0842. The summed E-state index contributed by atoms with van der Waals surface area (Å²) in [6, 6.07) is 10.7. The average Bonchev–Trinajstić information content (AvgIpc) is 3.33. The van der Waals surface area contributed by atoms with Gasteiger partial charge in [0.15, 0.2) is 11.5 Å². The fourth-order valence-electron chi connectivity index (χ4n) is 4.46. The predicted octanol–water partition coefficient (Wildman–Crippen LogP) is 3.16. The zero-order chi connectivity index (χ0) is 24.8. The highest BCUT2D eigenvalue weighted by Crippen LogP contribution is 2.33. The molecule has 4 rings (SSSR count). The number of anilines is 2. The number of hydrogen-bond acceptors (Lipinski definition) is 7. The molecule has 1 saturated heterocycles. The van der Waals surface area contributed by atoms with Gasteiger partial charge in [-0.3, -0.25) is 4.79 Å². The number of sulfonamides is 1. The molecule has 1 fully saturated rings. The fourth-order valence-corrected chi connectivity index (χ4v) is 5.95. The van der Waals surface area contributed by atoms with E-state index in [9.17, 15) is 13.2 Å². The van der Waals surface area contributed by atoms with E-state index in [4.69, 9.17) is 9.47 Å². The molecule has 9 nitrogen and oxygen atoms in total. The Balaban J connectivity index is 1.47. The third-order valence-corrected chi connectivity index (χ3v) is 8.38. The molecule has 0 aromatic heterocycles. The molecule has 2 aromatic rings. The number of benzene rings is 2. The molecule has 190 valence electrons. The van der Waals surface area contributed by atoms with Gasteiger partial charge in [-0.05, 0) is 55.2 Å². The molecule has 0 spiro atoms. The lowest BCUT2D eigenvalue weighted by Gasteiger charge is -2.31. The Kier molecular flexibility index (Phi) is 8.15. The van der Waals surface area contributed by atoms with Gasteiger partial charge >= 0.3 is 0 Å². The molecule has 2 aliphatic rings. The third kappa shape index (κ3) is 5.88. The van der Waals surface area contributed by atoms with E-state index in [0.717, 1.165) is 42.9 Å². The van der Waals surface area contributed by atoms with Crippen LogP contribution in [-0.2, 0) is 21.4 Å².